The first-order chi connectivity index (χ1) is 7.75. The number of urea groups is 1. The minimum Gasteiger partial charge on any atom is -0.378 e. The first-order valence-corrected chi connectivity index (χ1v) is 6.15. The molecule has 0 spiro atoms. The van der Waals surface area contributed by atoms with Crippen LogP contribution in [0.2, 0.25) is 0 Å². The van der Waals surface area contributed by atoms with Crippen LogP contribution in [-0.2, 0) is 11.3 Å². The van der Waals surface area contributed by atoms with Gasteiger partial charge in [0.25, 0.3) is 0 Å². The third-order valence-corrected chi connectivity index (χ3v) is 3.32. The summed E-state index contributed by atoms with van der Waals surface area (Å²) in [5.41, 5.74) is 1.00. The average Bonchev–Trinajstić information content (AvgIpc) is 2.73. The molecule has 1 saturated heterocycles. The Balaban J connectivity index is 1.78. The smallest absolute Gasteiger partial charge is 0.317 e. The summed E-state index contributed by atoms with van der Waals surface area (Å²) in [7, 11) is 0. The number of hydrogen-bond acceptors (Lipinski definition) is 4. The number of ether oxygens (including phenoxy) is 1. The molecule has 1 aliphatic heterocycles. The molecule has 2 heterocycles. The van der Waals surface area contributed by atoms with Crippen LogP contribution in [0.1, 0.15) is 10.7 Å². The van der Waals surface area contributed by atoms with Crippen LogP contribution in [0.4, 0.5) is 4.79 Å². The molecular weight excluding hydrogens is 226 g/mol. The Morgan fingerprint density at radius 1 is 1.62 bits per heavy atom. The Morgan fingerprint density at radius 2 is 2.38 bits per heavy atom. The van der Waals surface area contributed by atoms with Crippen molar-refractivity contribution in [3.63, 3.8) is 0 Å². The predicted octanol–water partition coefficient (Wildman–Crippen LogP) is 0.993. The highest BCUT2D eigenvalue weighted by atomic mass is 32.1. The summed E-state index contributed by atoms with van der Waals surface area (Å²) in [6, 6.07) is -0.0313. The monoisotopic (exact) mass is 241 g/mol. The summed E-state index contributed by atoms with van der Waals surface area (Å²) < 4.78 is 5.18. The molecule has 1 N–H and O–H groups in total. The molecule has 0 atom stereocenters. The van der Waals surface area contributed by atoms with E-state index >= 15 is 0 Å². The Kier molecular flexibility index (Phi) is 3.74. The van der Waals surface area contributed by atoms with Gasteiger partial charge < -0.3 is 15.0 Å². The molecular formula is C10H15N3O2S. The zero-order valence-electron chi connectivity index (χ0n) is 9.23. The lowest BCUT2D eigenvalue weighted by molar-refractivity contribution is 0.0531. The highest BCUT2D eigenvalue weighted by Crippen LogP contribution is 2.08. The van der Waals surface area contributed by atoms with Crippen LogP contribution in [0.15, 0.2) is 5.38 Å². The molecule has 0 saturated carbocycles. The molecule has 6 heteroatoms. The standard InChI is InChI=1S/C10H15N3O2S/c1-8-7-16-9(12-8)6-11-10(14)13-2-4-15-5-3-13/h7H,2-6H2,1H3,(H,11,14). The van der Waals surface area contributed by atoms with Crippen molar-refractivity contribution < 1.29 is 9.53 Å². The Hall–Kier alpha value is -1.14. The summed E-state index contributed by atoms with van der Waals surface area (Å²) in [5, 5.41) is 5.79. The molecule has 88 valence electrons. The molecule has 0 aromatic carbocycles. The molecule has 0 bridgehead atoms. The van der Waals surface area contributed by atoms with E-state index in [2.05, 4.69) is 10.3 Å². The molecule has 1 aromatic rings. The number of nitrogens with zero attached hydrogens (tertiary/aromatic N) is 2. The molecule has 5 nitrogen and oxygen atoms in total. The molecule has 2 amide bonds. The van der Waals surface area contributed by atoms with Crippen molar-refractivity contribution >= 4 is 17.4 Å². The fourth-order valence-electron chi connectivity index (χ4n) is 1.51. The SMILES string of the molecule is Cc1csc(CNC(=O)N2CCOCC2)n1. The van der Waals surface area contributed by atoms with Crippen LogP contribution in [0.25, 0.3) is 0 Å². The molecule has 0 unspecified atom stereocenters. The van der Waals surface area contributed by atoms with Gasteiger partial charge in [-0.2, -0.15) is 0 Å². The second-order valence-electron chi connectivity index (χ2n) is 3.64. The van der Waals surface area contributed by atoms with E-state index in [0.29, 0.717) is 32.8 Å². The first kappa shape index (κ1) is 11.3. The second-order valence-corrected chi connectivity index (χ2v) is 4.58. The first-order valence-electron chi connectivity index (χ1n) is 5.27. The van der Waals surface area contributed by atoms with E-state index in [0.717, 1.165) is 10.7 Å². The number of carbonyl (C=O) groups excluding carboxylic acids is 1. The van der Waals surface area contributed by atoms with E-state index in [-0.39, 0.29) is 6.03 Å². The normalized spacial score (nSPS) is 16.2. The van der Waals surface area contributed by atoms with Crippen molar-refractivity contribution in [3.8, 4) is 0 Å². The Bertz CT molecular complexity index is 361. The number of nitrogens with one attached hydrogen (secondary N) is 1. The van der Waals surface area contributed by atoms with Crippen LogP contribution in [0.3, 0.4) is 0 Å². The fraction of sp³-hybridized carbons (Fsp3) is 0.600. The summed E-state index contributed by atoms with van der Waals surface area (Å²) in [6.07, 6.45) is 0. The van der Waals surface area contributed by atoms with Gasteiger partial charge in [0.05, 0.1) is 19.8 Å². The van der Waals surface area contributed by atoms with Gasteiger partial charge in [0.1, 0.15) is 5.01 Å². The second kappa shape index (κ2) is 5.27. The molecule has 2 rings (SSSR count). The molecule has 0 aliphatic carbocycles. The van der Waals surface area contributed by atoms with Crippen molar-refractivity contribution in [2.24, 2.45) is 0 Å². The third-order valence-electron chi connectivity index (χ3n) is 2.36. The lowest BCUT2D eigenvalue weighted by Gasteiger charge is -2.26. The van der Waals surface area contributed by atoms with E-state index in [9.17, 15) is 4.79 Å². The third kappa shape index (κ3) is 2.93. The van der Waals surface area contributed by atoms with Crippen LogP contribution in [-0.4, -0.2) is 42.2 Å². The van der Waals surface area contributed by atoms with E-state index in [1.165, 1.54) is 0 Å². The van der Waals surface area contributed by atoms with Gasteiger partial charge in [-0.15, -0.1) is 11.3 Å². The van der Waals surface area contributed by atoms with Crippen molar-refractivity contribution in [1.82, 2.24) is 15.2 Å². The minimum atomic E-state index is -0.0313. The van der Waals surface area contributed by atoms with Crippen LogP contribution < -0.4 is 5.32 Å². The van der Waals surface area contributed by atoms with E-state index < -0.39 is 0 Å². The largest absolute Gasteiger partial charge is 0.378 e. The summed E-state index contributed by atoms with van der Waals surface area (Å²) in [6.45, 7) is 5.05. The van der Waals surface area contributed by atoms with Crippen LogP contribution in [0, 0.1) is 6.92 Å². The lowest BCUT2D eigenvalue weighted by atomic mass is 10.4. The van der Waals surface area contributed by atoms with E-state index in [1.807, 2.05) is 12.3 Å². The maximum atomic E-state index is 11.7. The topological polar surface area (TPSA) is 54.5 Å². The van der Waals surface area contributed by atoms with Gasteiger partial charge in [0.2, 0.25) is 0 Å². The number of hydrogen-bond donors (Lipinski definition) is 1. The van der Waals surface area contributed by atoms with Gasteiger partial charge in [0, 0.05) is 24.2 Å². The summed E-state index contributed by atoms with van der Waals surface area (Å²) >= 11 is 1.57. The quantitative estimate of drug-likeness (QED) is 0.840. The maximum Gasteiger partial charge on any atom is 0.317 e. The highest BCUT2D eigenvalue weighted by molar-refractivity contribution is 7.09. The zero-order chi connectivity index (χ0) is 11.4. The van der Waals surface area contributed by atoms with Gasteiger partial charge in [-0.25, -0.2) is 9.78 Å². The van der Waals surface area contributed by atoms with Gasteiger partial charge in [-0.05, 0) is 6.92 Å². The Morgan fingerprint density at radius 3 is 3.00 bits per heavy atom. The van der Waals surface area contributed by atoms with Crippen LogP contribution >= 0.6 is 11.3 Å². The lowest BCUT2D eigenvalue weighted by Crippen LogP contribution is -2.45. The maximum absolute atomic E-state index is 11.7. The van der Waals surface area contributed by atoms with Crippen molar-refractivity contribution in [3.05, 3.63) is 16.1 Å². The van der Waals surface area contributed by atoms with Crippen LogP contribution in [0.5, 0.6) is 0 Å². The average molecular weight is 241 g/mol. The molecule has 1 aromatic heterocycles. The number of morpholine rings is 1. The number of thiazole rings is 1. The fourth-order valence-corrected chi connectivity index (χ4v) is 2.22. The molecule has 1 aliphatic rings. The number of rotatable bonds is 2. The molecule has 1 fully saturated rings. The van der Waals surface area contributed by atoms with Gasteiger partial charge in [0.15, 0.2) is 0 Å². The van der Waals surface area contributed by atoms with Crippen molar-refractivity contribution in [2.75, 3.05) is 26.3 Å². The number of aryl methyl sites for hydroxylation is 1. The minimum absolute atomic E-state index is 0.0313. The van der Waals surface area contributed by atoms with Gasteiger partial charge >= 0.3 is 6.03 Å². The summed E-state index contributed by atoms with van der Waals surface area (Å²) in [4.78, 5) is 17.8. The zero-order valence-corrected chi connectivity index (χ0v) is 10.0. The van der Waals surface area contributed by atoms with Crippen molar-refractivity contribution in [1.29, 1.82) is 0 Å². The number of aromatic nitrogens is 1. The van der Waals surface area contributed by atoms with Gasteiger partial charge in [-0.1, -0.05) is 0 Å². The number of carbonyl (C=O) groups is 1. The Labute approximate surface area is 98.4 Å². The summed E-state index contributed by atoms with van der Waals surface area (Å²) in [5.74, 6) is 0. The van der Waals surface area contributed by atoms with E-state index in [1.54, 1.807) is 16.2 Å². The van der Waals surface area contributed by atoms with E-state index in [4.69, 9.17) is 4.74 Å². The van der Waals surface area contributed by atoms with Crippen molar-refractivity contribution in [2.45, 2.75) is 13.5 Å². The molecule has 16 heavy (non-hydrogen) atoms. The van der Waals surface area contributed by atoms with Gasteiger partial charge in [-0.3, -0.25) is 0 Å². The predicted molar refractivity (Wildman–Crippen MR) is 61.5 cm³/mol. The molecule has 0 radical (unpaired) electrons. The highest BCUT2D eigenvalue weighted by Gasteiger charge is 2.16. The number of amides is 2.